The van der Waals surface area contributed by atoms with Crippen LogP contribution in [0.1, 0.15) is 0 Å². The molecular formula is C42H31N3. The first kappa shape index (κ1) is 26.7. The molecule has 0 atom stereocenters. The van der Waals surface area contributed by atoms with Crippen molar-refractivity contribution >= 4 is 27.5 Å². The number of hydrogen-bond acceptors (Lipinski definition) is 2. The Bertz CT molecular complexity index is 2230. The van der Waals surface area contributed by atoms with E-state index in [0.717, 1.165) is 45.0 Å². The van der Waals surface area contributed by atoms with E-state index in [-0.39, 0.29) is 0 Å². The quantitative estimate of drug-likeness (QED) is 0.213. The number of pyridine rings is 1. The van der Waals surface area contributed by atoms with Crippen LogP contribution in [0.25, 0.3) is 72.3 Å². The van der Waals surface area contributed by atoms with Gasteiger partial charge in [-0.3, -0.25) is 0 Å². The molecule has 8 aromatic rings. The van der Waals surface area contributed by atoms with Gasteiger partial charge in [-0.1, -0.05) is 133 Å². The van der Waals surface area contributed by atoms with Gasteiger partial charge >= 0.3 is 0 Å². The number of benzene rings is 6. The molecule has 0 aliphatic carbocycles. The predicted octanol–water partition coefficient (Wildman–Crippen LogP) is 10.9. The summed E-state index contributed by atoms with van der Waals surface area (Å²) in [6.07, 6.45) is 0. The smallest absolute Gasteiger partial charge is 0.0779 e. The van der Waals surface area contributed by atoms with E-state index in [2.05, 4.69) is 168 Å². The van der Waals surface area contributed by atoms with E-state index in [1.54, 1.807) is 0 Å². The van der Waals surface area contributed by atoms with Gasteiger partial charge < -0.3 is 9.88 Å². The van der Waals surface area contributed by atoms with E-state index in [4.69, 9.17) is 4.98 Å². The number of fused-ring (bicyclic) bond motifs is 3. The van der Waals surface area contributed by atoms with E-state index in [0.29, 0.717) is 0 Å². The van der Waals surface area contributed by atoms with Gasteiger partial charge in [0.1, 0.15) is 0 Å². The molecule has 3 nitrogen and oxygen atoms in total. The molecule has 0 spiro atoms. The fourth-order valence-electron chi connectivity index (χ4n) is 6.47. The molecule has 6 aromatic carbocycles. The van der Waals surface area contributed by atoms with Crippen LogP contribution in [0, 0.1) is 0 Å². The van der Waals surface area contributed by atoms with Gasteiger partial charge in [0.25, 0.3) is 0 Å². The fraction of sp³-hybridized carbons (Fsp3) is 0.0238. The van der Waals surface area contributed by atoms with Gasteiger partial charge in [0.15, 0.2) is 0 Å². The number of para-hydroxylation sites is 1. The van der Waals surface area contributed by atoms with Crippen molar-refractivity contribution in [1.82, 2.24) is 9.55 Å². The van der Waals surface area contributed by atoms with Gasteiger partial charge in [0.2, 0.25) is 0 Å². The summed E-state index contributed by atoms with van der Waals surface area (Å²) in [7, 11) is 2.02. The molecule has 2 aromatic heterocycles. The SMILES string of the molecule is CNc1c(-c2ccccc2)ccc2c3ccccc3n(-c3cccc(-c4cc(-c5ccccc5)cc(-c5ccccc5)n4)c3)c12. The zero-order valence-corrected chi connectivity index (χ0v) is 25.0. The van der Waals surface area contributed by atoms with Crippen LogP contribution in [0.4, 0.5) is 5.69 Å². The summed E-state index contributed by atoms with van der Waals surface area (Å²) in [5.74, 6) is 0. The molecule has 3 heteroatoms. The Kier molecular flexibility index (Phi) is 6.69. The Balaban J connectivity index is 1.36. The van der Waals surface area contributed by atoms with Gasteiger partial charge in [0.05, 0.1) is 28.1 Å². The average molecular weight is 578 g/mol. The third kappa shape index (κ3) is 4.75. The minimum absolute atomic E-state index is 0.941. The molecule has 8 rings (SSSR count). The van der Waals surface area contributed by atoms with E-state index in [1.807, 2.05) is 13.1 Å². The van der Waals surface area contributed by atoms with Gasteiger partial charge in [0, 0.05) is 40.2 Å². The number of anilines is 1. The lowest BCUT2D eigenvalue weighted by Crippen LogP contribution is -2.00. The van der Waals surface area contributed by atoms with Crippen molar-refractivity contribution in [3.05, 3.63) is 164 Å². The molecule has 0 fully saturated rings. The Morgan fingerprint density at radius 1 is 0.467 bits per heavy atom. The third-order valence-corrected chi connectivity index (χ3v) is 8.57. The highest BCUT2D eigenvalue weighted by Gasteiger charge is 2.19. The van der Waals surface area contributed by atoms with Crippen molar-refractivity contribution in [3.63, 3.8) is 0 Å². The molecule has 0 saturated carbocycles. The molecule has 0 saturated heterocycles. The number of aromatic nitrogens is 2. The Hall–Kier alpha value is -5.93. The minimum atomic E-state index is 0.941. The summed E-state index contributed by atoms with van der Waals surface area (Å²) in [4.78, 5) is 5.21. The summed E-state index contributed by atoms with van der Waals surface area (Å²) in [6.45, 7) is 0. The molecule has 2 heterocycles. The van der Waals surface area contributed by atoms with Crippen LogP contribution < -0.4 is 5.32 Å². The second kappa shape index (κ2) is 11.3. The number of nitrogens with one attached hydrogen (secondary N) is 1. The zero-order valence-electron chi connectivity index (χ0n) is 25.0. The normalized spacial score (nSPS) is 11.2. The summed E-state index contributed by atoms with van der Waals surface area (Å²) >= 11 is 0. The molecule has 0 radical (unpaired) electrons. The standard InChI is InChI=1S/C42H31N3/c1-43-41-35(30-16-7-3-8-17-30)24-25-37-36-22-11-12-23-40(36)45(42(37)41)34-21-13-20-32(26-34)39-28-33(29-14-5-2-6-15-29)27-38(44-39)31-18-9-4-10-19-31/h2-28,43H,1H3. The van der Waals surface area contributed by atoms with Gasteiger partial charge in [-0.2, -0.15) is 0 Å². The molecule has 1 N–H and O–H groups in total. The molecule has 0 bridgehead atoms. The monoisotopic (exact) mass is 577 g/mol. The van der Waals surface area contributed by atoms with E-state index in [1.165, 1.54) is 33.0 Å². The lowest BCUT2D eigenvalue weighted by molar-refractivity contribution is 1.18. The Morgan fingerprint density at radius 2 is 1.07 bits per heavy atom. The summed E-state index contributed by atoms with van der Waals surface area (Å²) in [5.41, 5.74) is 13.3. The maximum Gasteiger partial charge on any atom is 0.0779 e. The molecule has 0 amide bonds. The lowest BCUT2D eigenvalue weighted by Gasteiger charge is -2.16. The van der Waals surface area contributed by atoms with Crippen molar-refractivity contribution in [3.8, 4) is 50.5 Å². The van der Waals surface area contributed by atoms with Crippen LogP contribution in [0.3, 0.4) is 0 Å². The lowest BCUT2D eigenvalue weighted by atomic mass is 9.99. The van der Waals surface area contributed by atoms with E-state index < -0.39 is 0 Å². The summed E-state index contributed by atoms with van der Waals surface area (Å²) in [6, 6.07) is 57.9. The van der Waals surface area contributed by atoms with Crippen LogP contribution >= 0.6 is 0 Å². The van der Waals surface area contributed by atoms with Crippen molar-refractivity contribution in [2.45, 2.75) is 0 Å². The highest BCUT2D eigenvalue weighted by atomic mass is 15.0. The van der Waals surface area contributed by atoms with Crippen molar-refractivity contribution in [2.24, 2.45) is 0 Å². The Morgan fingerprint density at radius 3 is 1.78 bits per heavy atom. The van der Waals surface area contributed by atoms with Crippen LogP contribution in [0.2, 0.25) is 0 Å². The van der Waals surface area contributed by atoms with Crippen molar-refractivity contribution < 1.29 is 0 Å². The third-order valence-electron chi connectivity index (χ3n) is 8.57. The van der Waals surface area contributed by atoms with Crippen LogP contribution in [0.5, 0.6) is 0 Å². The van der Waals surface area contributed by atoms with Gasteiger partial charge in [-0.25, -0.2) is 4.98 Å². The maximum atomic E-state index is 5.21. The topological polar surface area (TPSA) is 29.9 Å². The summed E-state index contributed by atoms with van der Waals surface area (Å²) in [5, 5.41) is 6.02. The molecule has 0 aliphatic rings. The van der Waals surface area contributed by atoms with Crippen LogP contribution in [-0.4, -0.2) is 16.6 Å². The van der Waals surface area contributed by atoms with E-state index in [9.17, 15) is 0 Å². The number of hydrogen-bond donors (Lipinski definition) is 1. The fourth-order valence-corrected chi connectivity index (χ4v) is 6.47. The largest absolute Gasteiger partial charge is 0.386 e. The second-order valence-electron chi connectivity index (χ2n) is 11.3. The minimum Gasteiger partial charge on any atom is -0.386 e. The number of nitrogens with zero attached hydrogens (tertiary/aromatic N) is 2. The molecular weight excluding hydrogens is 546 g/mol. The van der Waals surface area contributed by atoms with Gasteiger partial charge in [-0.05, 0) is 47.0 Å². The maximum absolute atomic E-state index is 5.21. The van der Waals surface area contributed by atoms with Gasteiger partial charge in [-0.15, -0.1) is 0 Å². The zero-order chi connectivity index (χ0) is 30.2. The van der Waals surface area contributed by atoms with Crippen LogP contribution in [-0.2, 0) is 0 Å². The highest BCUT2D eigenvalue weighted by molar-refractivity contribution is 6.15. The molecule has 45 heavy (non-hydrogen) atoms. The average Bonchev–Trinajstić information content (AvgIpc) is 3.47. The predicted molar refractivity (Wildman–Crippen MR) is 190 cm³/mol. The van der Waals surface area contributed by atoms with Crippen molar-refractivity contribution in [1.29, 1.82) is 0 Å². The molecule has 0 unspecified atom stereocenters. The van der Waals surface area contributed by atoms with E-state index >= 15 is 0 Å². The Labute approximate surface area is 263 Å². The first-order valence-electron chi connectivity index (χ1n) is 15.3. The first-order valence-corrected chi connectivity index (χ1v) is 15.3. The molecule has 0 aliphatic heterocycles. The highest BCUT2D eigenvalue weighted by Crippen LogP contribution is 2.42. The van der Waals surface area contributed by atoms with Crippen LogP contribution in [0.15, 0.2) is 164 Å². The van der Waals surface area contributed by atoms with Crippen molar-refractivity contribution in [2.75, 3.05) is 12.4 Å². The number of rotatable bonds is 6. The molecule has 214 valence electrons. The second-order valence-corrected chi connectivity index (χ2v) is 11.3. The first-order chi connectivity index (χ1) is 22.3. The summed E-state index contributed by atoms with van der Waals surface area (Å²) < 4.78 is 2.39.